The maximum absolute atomic E-state index is 12.0. The van der Waals surface area contributed by atoms with Crippen LogP contribution in [-0.2, 0) is 6.42 Å². The van der Waals surface area contributed by atoms with Gasteiger partial charge >= 0.3 is 0 Å². The Morgan fingerprint density at radius 2 is 2.14 bits per heavy atom. The van der Waals surface area contributed by atoms with Crippen LogP contribution in [0.4, 0.5) is 5.69 Å². The number of aryl methyl sites for hydroxylation is 1. The Balaban J connectivity index is 1.94. The number of amides is 1. The number of nitro groups is 1. The first kappa shape index (κ1) is 14.6. The Hall–Kier alpha value is -2.76. The lowest BCUT2D eigenvalue weighted by atomic mass is 10.1. The van der Waals surface area contributed by atoms with Gasteiger partial charge in [0.15, 0.2) is 0 Å². The van der Waals surface area contributed by atoms with Crippen LogP contribution < -0.4 is 5.32 Å². The van der Waals surface area contributed by atoms with E-state index in [0.29, 0.717) is 24.1 Å². The van der Waals surface area contributed by atoms with Gasteiger partial charge in [-0.3, -0.25) is 19.9 Å². The normalized spacial score (nSPS) is 10.1. The minimum Gasteiger partial charge on any atom is -0.352 e. The fourth-order valence-corrected chi connectivity index (χ4v) is 1.95. The average Bonchev–Trinajstić information content (AvgIpc) is 2.47. The van der Waals surface area contributed by atoms with Gasteiger partial charge in [0, 0.05) is 42.0 Å². The third kappa shape index (κ3) is 3.85. The van der Waals surface area contributed by atoms with E-state index in [-0.39, 0.29) is 11.6 Å². The van der Waals surface area contributed by atoms with Crippen molar-refractivity contribution in [1.82, 2.24) is 10.3 Å². The van der Waals surface area contributed by atoms with Crippen LogP contribution in [0.1, 0.15) is 21.6 Å². The zero-order chi connectivity index (χ0) is 15.2. The second-order valence-corrected chi connectivity index (χ2v) is 4.59. The Morgan fingerprint density at radius 3 is 2.76 bits per heavy atom. The molecule has 0 saturated carbocycles. The topological polar surface area (TPSA) is 85.1 Å². The summed E-state index contributed by atoms with van der Waals surface area (Å²) >= 11 is 0. The molecule has 0 aliphatic rings. The summed E-state index contributed by atoms with van der Waals surface area (Å²) in [5.74, 6) is -0.246. The molecule has 2 aromatic rings. The van der Waals surface area contributed by atoms with Crippen molar-refractivity contribution < 1.29 is 9.72 Å². The van der Waals surface area contributed by atoms with Crippen molar-refractivity contribution in [2.45, 2.75) is 13.3 Å². The second-order valence-electron chi connectivity index (χ2n) is 4.59. The standard InChI is InChI=1S/C15H15N3O3/c1-11-10-12(5-6-14(11)18(20)21)15(19)17-9-7-13-4-2-3-8-16-13/h2-6,8,10H,7,9H2,1H3,(H,17,19). The molecule has 0 unspecified atom stereocenters. The first-order valence-electron chi connectivity index (χ1n) is 6.51. The van der Waals surface area contributed by atoms with Crippen molar-refractivity contribution in [2.75, 3.05) is 6.54 Å². The summed E-state index contributed by atoms with van der Waals surface area (Å²) in [6.45, 7) is 2.08. The zero-order valence-corrected chi connectivity index (χ0v) is 11.6. The minimum absolute atomic E-state index is 0.0139. The predicted octanol–water partition coefficient (Wildman–Crippen LogP) is 2.27. The summed E-state index contributed by atoms with van der Waals surface area (Å²) in [5.41, 5.74) is 1.80. The largest absolute Gasteiger partial charge is 0.352 e. The summed E-state index contributed by atoms with van der Waals surface area (Å²) < 4.78 is 0. The molecule has 0 aliphatic carbocycles. The van der Waals surface area contributed by atoms with Gasteiger partial charge in [0.25, 0.3) is 11.6 Å². The molecule has 1 aromatic heterocycles. The molecule has 21 heavy (non-hydrogen) atoms. The Kier molecular flexibility index (Phi) is 4.61. The third-order valence-electron chi connectivity index (χ3n) is 3.05. The molecule has 0 aliphatic heterocycles. The molecule has 0 radical (unpaired) electrons. The lowest BCUT2D eigenvalue weighted by Crippen LogP contribution is -2.26. The van der Waals surface area contributed by atoms with Crippen LogP contribution in [0.25, 0.3) is 0 Å². The van der Waals surface area contributed by atoms with Gasteiger partial charge in [-0.15, -0.1) is 0 Å². The smallest absolute Gasteiger partial charge is 0.272 e. The number of rotatable bonds is 5. The molecular weight excluding hydrogens is 270 g/mol. The van der Waals surface area contributed by atoms with Crippen LogP contribution in [-0.4, -0.2) is 22.4 Å². The summed E-state index contributed by atoms with van der Waals surface area (Å²) in [6, 6.07) is 9.95. The summed E-state index contributed by atoms with van der Waals surface area (Å²) in [5, 5.41) is 13.5. The number of hydrogen-bond donors (Lipinski definition) is 1. The summed E-state index contributed by atoms with van der Waals surface area (Å²) in [4.78, 5) is 26.4. The van der Waals surface area contributed by atoms with Gasteiger partial charge in [-0.2, -0.15) is 0 Å². The lowest BCUT2D eigenvalue weighted by molar-refractivity contribution is -0.385. The molecule has 0 fully saturated rings. The molecule has 1 heterocycles. The number of nitrogens with zero attached hydrogens (tertiary/aromatic N) is 2. The van der Waals surface area contributed by atoms with E-state index < -0.39 is 4.92 Å². The Morgan fingerprint density at radius 1 is 1.33 bits per heavy atom. The Bertz CT molecular complexity index is 656. The van der Waals surface area contributed by atoms with Crippen molar-refractivity contribution in [2.24, 2.45) is 0 Å². The van der Waals surface area contributed by atoms with Gasteiger partial charge in [-0.05, 0) is 31.2 Å². The molecule has 1 aromatic carbocycles. The first-order valence-corrected chi connectivity index (χ1v) is 6.51. The maximum Gasteiger partial charge on any atom is 0.272 e. The van der Waals surface area contributed by atoms with Gasteiger partial charge in [0.05, 0.1) is 4.92 Å². The van der Waals surface area contributed by atoms with Crippen LogP contribution in [0.3, 0.4) is 0 Å². The zero-order valence-electron chi connectivity index (χ0n) is 11.6. The number of nitro benzene ring substituents is 1. The highest BCUT2D eigenvalue weighted by molar-refractivity contribution is 5.94. The first-order chi connectivity index (χ1) is 10.1. The number of aromatic nitrogens is 1. The van der Waals surface area contributed by atoms with E-state index in [2.05, 4.69) is 10.3 Å². The molecule has 1 amide bonds. The predicted molar refractivity (Wildman–Crippen MR) is 78.1 cm³/mol. The van der Waals surface area contributed by atoms with Gasteiger partial charge in [0.1, 0.15) is 0 Å². The van der Waals surface area contributed by atoms with Crippen LogP contribution in [0.5, 0.6) is 0 Å². The van der Waals surface area contributed by atoms with Crippen molar-refractivity contribution in [3.8, 4) is 0 Å². The van der Waals surface area contributed by atoms with Crippen molar-refractivity contribution >= 4 is 11.6 Å². The van der Waals surface area contributed by atoms with E-state index in [4.69, 9.17) is 0 Å². The van der Waals surface area contributed by atoms with Crippen LogP contribution >= 0.6 is 0 Å². The van der Waals surface area contributed by atoms with E-state index >= 15 is 0 Å². The van der Waals surface area contributed by atoms with E-state index in [0.717, 1.165) is 5.69 Å². The number of hydrogen-bond acceptors (Lipinski definition) is 4. The average molecular weight is 285 g/mol. The van der Waals surface area contributed by atoms with Crippen molar-refractivity contribution in [3.63, 3.8) is 0 Å². The Labute approximate surface area is 122 Å². The van der Waals surface area contributed by atoms with Crippen molar-refractivity contribution in [1.29, 1.82) is 0 Å². The van der Waals surface area contributed by atoms with Crippen LogP contribution in [0.15, 0.2) is 42.6 Å². The molecule has 2 rings (SSSR count). The van der Waals surface area contributed by atoms with E-state index in [9.17, 15) is 14.9 Å². The van der Waals surface area contributed by atoms with Crippen LogP contribution in [0.2, 0.25) is 0 Å². The van der Waals surface area contributed by atoms with Crippen LogP contribution in [0, 0.1) is 17.0 Å². The second kappa shape index (κ2) is 6.60. The molecule has 0 saturated heterocycles. The van der Waals surface area contributed by atoms with Crippen molar-refractivity contribution in [3.05, 3.63) is 69.5 Å². The molecule has 108 valence electrons. The SMILES string of the molecule is Cc1cc(C(=O)NCCc2ccccn2)ccc1[N+](=O)[O-]. The van der Waals surface area contributed by atoms with E-state index in [1.807, 2.05) is 18.2 Å². The van der Waals surface area contributed by atoms with Gasteiger partial charge in [-0.1, -0.05) is 6.07 Å². The highest BCUT2D eigenvalue weighted by Crippen LogP contribution is 2.18. The van der Waals surface area contributed by atoms with Gasteiger partial charge < -0.3 is 5.32 Å². The molecular formula is C15H15N3O3. The van der Waals surface area contributed by atoms with Gasteiger partial charge in [-0.25, -0.2) is 0 Å². The molecule has 0 spiro atoms. The molecule has 6 heteroatoms. The third-order valence-corrected chi connectivity index (χ3v) is 3.05. The molecule has 1 N–H and O–H groups in total. The number of carbonyl (C=O) groups excluding carboxylic acids is 1. The number of nitrogens with one attached hydrogen (secondary N) is 1. The number of pyridine rings is 1. The van der Waals surface area contributed by atoms with Gasteiger partial charge in [0.2, 0.25) is 0 Å². The maximum atomic E-state index is 12.0. The highest BCUT2D eigenvalue weighted by Gasteiger charge is 2.13. The molecule has 0 atom stereocenters. The quantitative estimate of drug-likeness (QED) is 0.674. The summed E-state index contributed by atoms with van der Waals surface area (Å²) in [7, 11) is 0. The minimum atomic E-state index is -0.460. The van der Waals surface area contributed by atoms with E-state index in [1.54, 1.807) is 13.1 Å². The number of carbonyl (C=O) groups is 1. The molecule has 6 nitrogen and oxygen atoms in total. The highest BCUT2D eigenvalue weighted by atomic mass is 16.6. The fraction of sp³-hybridized carbons (Fsp3) is 0.200. The van der Waals surface area contributed by atoms with E-state index in [1.165, 1.54) is 18.2 Å². The summed E-state index contributed by atoms with van der Waals surface area (Å²) in [6.07, 6.45) is 2.34. The monoisotopic (exact) mass is 285 g/mol. The number of benzene rings is 1. The lowest BCUT2D eigenvalue weighted by Gasteiger charge is -2.06. The fourth-order valence-electron chi connectivity index (χ4n) is 1.95. The molecule has 0 bridgehead atoms.